The van der Waals surface area contributed by atoms with E-state index in [4.69, 9.17) is 0 Å². The Morgan fingerprint density at radius 3 is 2.63 bits per heavy atom. The van der Waals surface area contributed by atoms with E-state index in [9.17, 15) is 27.3 Å². The van der Waals surface area contributed by atoms with Crippen LogP contribution in [0.3, 0.4) is 0 Å². The lowest BCUT2D eigenvalue weighted by Crippen LogP contribution is -2.28. The first-order valence-corrected chi connectivity index (χ1v) is 9.57. The first-order chi connectivity index (χ1) is 12.8. The monoisotopic (exact) mass is 401 g/mol. The summed E-state index contributed by atoms with van der Waals surface area (Å²) in [5, 5.41) is 13.8. The molecule has 1 aliphatic rings. The molecule has 0 atom stereocenters. The van der Waals surface area contributed by atoms with Gasteiger partial charge in [-0.1, -0.05) is 0 Å². The van der Waals surface area contributed by atoms with Crippen molar-refractivity contribution in [2.45, 2.75) is 30.8 Å². The Labute approximate surface area is 153 Å². The highest BCUT2D eigenvalue weighted by Gasteiger charge is 2.31. The van der Waals surface area contributed by atoms with E-state index in [1.54, 1.807) is 0 Å². The molecule has 0 bridgehead atoms. The first kappa shape index (κ1) is 19.2. The number of hydrogen-bond acceptors (Lipinski definition) is 6. The van der Waals surface area contributed by atoms with Gasteiger partial charge in [0.05, 0.1) is 17.2 Å². The number of rotatable bonds is 7. The van der Waals surface area contributed by atoms with Crippen LogP contribution in [0.5, 0.6) is 0 Å². The first-order valence-electron chi connectivity index (χ1n) is 8.13. The van der Waals surface area contributed by atoms with E-state index in [2.05, 4.69) is 10.3 Å². The molecule has 146 valence electrons. The fourth-order valence-corrected chi connectivity index (χ4v) is 4.59. The molecule has 1 aromatic heterocycles. The Balaban J connectivity index is 1.94. The van der Waals surface area contributed by atoms with Gasteiger partial charge in [-0.3, -0.25) is 14.7 Å². The highest BCUT2D eigenvalue weighted by atomic mass is 32.2. The number of benzene rings is 1. The smallest absolute Gasteiger partial charge is 0.319 e. The average Bonchev–Trinajstić information content (AvgIpc) is 3.31. The van der Waals surface area contributed by atoms with Crippen molar-refractivity contribution in [2.24, 2.45) is 0 Å². The van der Waals surface area contributed by atoms with Gasteiger partial charge >= 0.3 is 6.55 Å². The lowest BCUT2D eigenvalue weighted by Gasteiger charge is -2.19. The molecule has 0 aliphatic carbocycles. The van der Waals surface area contributed by atoms with Crippen molar-refractivity contribution in [3.63, 3.8) is 0 Å². The van der Waals surface area contributed by atoms with E-state index in [0.29, 0.717) is 30.5 Å². The molecular formula is C15H17F2N5O4S. The number of anilines is 1. The molecule has 27 heavy (non-hydrogen) atoms. The van der Waals surface area contributed by atoms with E-state index >= 15 is 0 Å². The van der Waals surface area contributed by atoms with Gasteiger partial charge in [0.2, 0.25) is 10.0 Å². The minimum Gasteiger partial charge on any atom is -0.377 e. The van der Waals surface area contributed by atoms with Crippen molar-refractivity contribution >= 4 is 21.4 Å². The summed E-state index contributed by atoms with van der Waals surface area (Å²) in [5.74, 6) is 0.00729. The van der Waals surface area contributed by atoms with E-state index in [-0.39, 0.29) is 28.6 Å². The highest BCUT2D eigenvalue weighted by Crippen LogP contribution is 2.31. The lowest BCUT2D eigenvalue weighted by atomic mass is 10.3. The van der Waals surface area contributed by atoms with Crippen LogP contribution in [0.15, 0.2) is 35.5 Å². The van der Waals surface area contributed by atoms with Crippen LogP contribution < -0.4 is 5.32 Å². The molecule has 9 nitrogen and oxygen atoms in total. The van der Waals surface area contributed by atoms with E-state index in [0.717, 1.165) is 18.3 Å². The molecule has 1 saturated heterocycles. The molecule has 1 N–H and O–H groups in total. The Bertz CT molecular complexity index is 941. The Kier molecular flexibility index (Phi) is 5.37. The molecule has 0 radical (unpaired) electrons. The largest absolute Gasteiger partial charge is 0.377 e. The van der Waals surface area contributed by atoms with Gasteiger partial charge < -0.3 is 5.32 Å². The second-order valence-corrected chi connectivity index (χ2v) is 7.84. The number of nitrogens with one attached hydrogen (secondary N) is 1. The van der Waals surface area contributed by atoms with Crippen LogP contribution in [0.2, 0.25) is 0 Å². The summed E-state index contributed by atoms with van der Waals surface area (Å²) in [4.78, 5) is 13.9. The summed E-state index contributed by atoms with van der Waals surface area (Å²) in [6, 6.07) is 3.40. The van der Waals surface area contributed by atoms with E-state index < -0.39 is 21.5 Å². The Morgan fingerprint density at radius 1 is 1.30 bits per heavy atom. The summed E-state index contributed by atoms with van der Waals surface area (Å²) in [7, 11) is -3.95. The van der Waals surface area contributed by atoms with Gasteiger partial charge in [-0.05, 0) is 18.9 Å². The van der Waals surface area contributed by atoms with Gasteiger partial charge in [-0.25, -0.2) is 13.4 Å². The zero-order chi connectivity index (χ0) is 19.6. The summed E-state index contributed by atoms with van der Waals surface area (Å²) < 4.78 is 53.5. The molecule has 0 saturated carbocycles. The molecule has 1 aliphatic heterocycles. The summed E-state index contributed by atoms with van der Waals surface area (Å²) in [5.41, 5.74) is -0.274. The second kappa shape index (κ2) is 7.56. The van der Waals surface area contributed by atoms with Crippen molar-refractivity contribution < 1.29 is 22.1 Å². The number of aromatic nitrogens is 2. The number of hydrogen-bond donors (Lipinski definition) is 1. The number of non-ortho nitro benzene ring substituents is 1. The van der Waals surface area contributed by atoms with Crippen molar-refractivity contribution in [1.82, 2.24) is 13.9 Å². The van der Waals surface area contributed by atoms with E-state index in [1.165, 1.54) is 16.6 Å². The topological polar surface area (TPSA) is 110 Å². The highest BCUT2D eigenvalue weighted by molar-refractivity contribution is 7.89. The average molecular weight is 401 g/mol. The van der Waals surface area contributed by atoms with E-state index in [1.807, 2.05) is 0 Å². The van der Waals surface area contributed by atoms with Crippen molar-refractivity contribution in [1.29, 1.82) is 0 Å². The zero-order valence-electron chi connectivity index (χ0n) is 14.1. The third-order valence-corrected chi connectivity index (χ3v) is 6.19. The molecule has 2 aromatic rings. The maximum Gasteiger partial charge on any atom is 0.319 e. The predicted molar refractivity (Wildman–Crippen MR) is 91.9 cm³/mol. The second-order valence-electron chi connectivity index (χ2n) is 5.93. The van der Waals surface area contributed by atoms with Crippen LogP contribution in [-0.2, 0) is 16.6 Å². The number of halogens is 2. The third-order valence-electron chi connectivity index (χ3n) is 4.25. The number of alkyl halides is 2. The number of nitro benzene ring substituents is 1. The number of sulfonamides is 1. The van der Waals surface area contributed by atoms with Crippen LogP contribution in [-0.4, -0.2) is 40.3 Å². The summed E-state index contributed by atoms with van der Waals surface area (Å²) in [6.07, 6.45) is 3.74. The quantitative estimate of drug-likeness (QED) is 0.564. The molecule has 0 unspecified atom stereocenters. The SMILES string of the molecule is O=[N+]([O-])c1ccc(NCc2nccn2C(F)F)c(S(=O)(=O)N2CCCC2)c1. The van der Waals surface area contributed by atoms with Gasteiger partial charge in [0.25, 0.3) is 5.69 Å². The summed E-state index contributed by atoms with van der Waals surface area (Å²) in [6.45, 7) is -2.29. The van der Waals surface area contributed by atoms with Gasteiger partial charge in [-0.15, -0.1) is 0 Å². The molecule has 0 spiro atoms. The molecule has 3 rings (SSSR count). The van der Waals surface area contributed by atoms with Crippen LogP contribution >= 0.6 is 0 Å². The van der Waals surface area contributed by atoms with Crippen molar-refractivity contribution in [3.8, 4) is 0 Å². The van der Waals surface area contributed by atoms with Gasteiger partial charge in [0.1, 0.15) is 10.7 Å². The minimum absolute atomic E-state index is 0.00729. The van der Waals surface area contributed by atoms with Gasteiger partial charge in [0, 0.05) is 37.6 Å². The maximum atomic E-state index is 12.9. The molecule has 0 amide bonds. The maximum absolute atomic E-state index is 12.9. The van der Waals surface area contributed by atoms with Crippen molar-refractivity contribution in [3.05, 3.63) is 46.5 Å². The Hall–Kier alpha value is -2.60. The van der Waals surface area contributed by atoms with Crippen molar-refractivity contribution in [2.75, 3.05) is 18.4 Å². The lowest BCUT2D eigenvalue weighted by molar-refractivity contribution is -0.385. The normalized spacial score (nSPS) is 15.4. The van der Waals surface area contributed by atoms with Crippen LogP contribution in [0.25, 0.3) is 0 Å². The van der Waals surface area contributed by atoms with Crippen LogP contribution in [0.4, 0.5) is 20.2 Å². The predicted octanol–water partition coefficient (Wildman–Crippen LogP) is 2.58. The van der Waals surface area contributed by atoms with Gasteiger partial charge in [0.15, 0.2) is 0 Å². The molecule has 1 fully saturated rings. The minimum atomic E-state index is -3.95. The third kappa shape index (κ3) is 3.90. The number of nitrogens with zero attached hydrogens (tertiary/aromatic N) is 4. The molecule has 1 aromatic carbocycles. The zero-order valence-corrected chi connectivity index (χ0v) is 14.9. The molecule has 2 heterocycles. The summed E-state index contributed by atoms with van der Waals surface area (Å²) >= 11 is 0. The Morgan fingerprint density at radius 2 is 2.00 bits per heavy atom. The van der Waals surface area contributed by atoms with Crippen LogP contribution in [0, 0.1) is 10.1 Å². The standard InChI is InChI=1S/C15H17F2N5O4S/c16-15(17)21-8-5-18-14(21)10-19-12-4-3-11(22(23)24)9-13(12)27(25,26)20-6-1-2-7-20/h3-5,8-9,15,19H,1-2,6-7,10H2. The molecule has 12 heteroatoms. The molecular weight excluding hydrogens is 384 g/mol. The van der Waals surface area contributed by atoms with Crippen LogP contribution in [0.1, 0.15) is 25.2 Å². The fourth-order valence-electron chi connectivity index (χ4n) is 2.88. The number of imidazole rings is 1. The fraction of sp³-hybridized carbons (Fsp3) is 0.400. The number of nitro groups is 1. The van der Waals surface area contributed by atoms with Gasteiger partial charge in [-0.2, -0.15) is 13.1 Å².